The van der Waals surface area contributed by atoms with Crippen molar-refractivity contribution < 1.29 is 4.74 Å². The molecule has 0 spiro atoms. The monoisotopic (exact) mass is 448 g/mol. The van der Waals surface area contributed by atoms with Crippen molar-refractivity contribution in [2.45, 2.75) is 18.9 Å². The van der Waals surface area contributed by atoms with Crippen LogP contribution in [0.1, 0.15) is 18.4 Å². The summed E-state index contributed by atoms with van der Waals surface area (Å²) in [7, 11) is 0. The second-order valence-corrected chi connectivity index (χ2v) is 8.25. The minimum absolute atomic E-state index is 0.200. The van der Waals surface area contributed by atoms with Crippen molar-refractivity contribution in [3.05, 3.63) is 101 Å². The van der Waals surface area contributed by atoms with Gasteiger partial charge in [0, 0.05) is 34.8 Å². The molecule has 1 aliphatic heterocycles. The molecule has 34 heavy (non-hydrogen) atoms. The number of piperidine rings is 1. The van der Waals surface area contributed by atoms with Gasteiger partial charge >= 0.3 is 0 Å². The highest BCUT2D eigenvalue weighted by Gasteiger charge is 2.16. The van der Waals surface area contributed by atoms with Crippen LogP contribution in [0.25, 0.3) is 28.1 Å². The SMILES string of the molecule is N#Cc1ccccc1-c1cc(-c2ccccn2)cn(-c2ccc(OC3CCNCC3)cc2)c1=O. The molecule has 5 rings (SSSR count). The molecule has 4 aromatic rings. The zero-order chi connectivity index (χ0) is 23.3. The molecule has 0 saturated carbocycles. The van der Waals surface area contributed by atoms with Crippen LogP contribution in [0, 0.1) is 11.3 Å². The van der Waals surface area contributed by atoms with Crippen LogP contribution >= 0.6 is 0 Å². The molecule has 0 unspecified atom stereocenters. The molecule has 0 atom stereocenters. The zero-order valence-corrected chi connectivity index (χ0v) is 18.6. The van der Waals surface area contributed by atoms with E-state index >= 15 is 0 Å². The van der Waals surface area contributed by atoms with Crippen LogP contribution in [0.15, 0.2) is 90.0 Å². The fourth-order valence-corrected chi connectivity index (χ4v) is 4.25. The number of nitriles is 1. The summed E-state index contributed by atoms with van der Waals surface area (Å²) >= 11 is 0. The molecule has 1 saturated heterocycles. The first-order chi connectivity index (χ1) is 16.7. The predicted octanol–water partition coefficient (Wildman–Crippen LogP) is 4.57. The number of nitrogens with zero attached hydrogens (tertiary/aromatic N) is 3. The van der Waals surface area contributed by atoms with Gasteiger partial charge in [-0.05, 0) is 74.5 Å². The Kier molecular flexibility index (Phi) is 6.19. The Balaban J connectivity index is 1.59. The molecular formula is C28H24N4O2. The van der Waals surface area contributed by atoms with E-state index < -0.39 is 0 Å². The summed E-state index contributed by atoms with van der Waals surface area (Å²) in [5.74, 6) is 0.791. The van der Waals surface area contributed by atoms with Gasteiger partial charge < -0.3 is 10.1 Å². The summed E-state index contributed by atoms with van der Waals surface area (Å²) in [6.45, 7) is 1.93. The summed E-state index contributed by atoms with van der Waals surface area (Å²) < 4.78 is 7.73. The molecule has 1 aliphatic rings. The van der Waals surface area contributed by atoms with Crippen LogP contribution in [-0.4, -0.2) is 28.7 Å². The summed E-state index contributed by atoms with van der Waals surface area (Å²) in [5.41, 5.74) is 3.57. The van der Waals surface area contributed by atoms with Crippen LogP contribution in [0.4, 0.5) is 0 Å². The molecule has 0 radical (unpaired) electrons. The van der Waals surface area contributed by atoms with Crippen molar-refractivity contribution in [2.24, 2.45) is 0 Å². The zero-order valence-electron chi connectivity index (χ0n) is 18.6. The minimum Gasteiger partial charge on any atom is -0.490 e. The molecule has 6 heteroatoms. The summed E-state index contributed by atoms with van der Waals surface area (Å²) in [5, 5.41) is 13.0. The summed E-state index contributed by atoms with van der Waals surface area (Å²) in [4.78, 5) is 18.1. The van der Waals surface area contributed by atoms with E-state index in [4.69, 9.17) is 4.74 Å². The van der Waals surface area contributed by atoms with Crippen LogP contribution in [-0.2, 0) is 0 Å². The second-order valence-electron chi connectivity index (χ2n) is 8.25. The largest absolute Gasteiger partial charge is 0.490 e. The molecule has 6 nitrogen and oxygen atoms in total. The van der Waals surface area contributed by atoms with Crippen molar-refractivity contribution in [2.75, 3.05) is 13.1 Å². The Morgan fingerprint density at radius 3 is 2.47 bits per heavy atom. The first kappa shape index (κ1) is 21.6. The van der Waals surface area contributed by atoms with Crippen LogP contribution < -0.4 is 15.6 Å². The molecular weight excluding hydrogens is 424 g/mol. The number of ether oxygens (including phenoxy) is 1. The standard InChI is InChI=1S/C28H24N4O2/c29-18-20-5-1-2-6-25(20)26-17-21(27-7-3-4-14-31-27)19-32(28(26)33)22-8-10-23(11-9-22)34-24-12-15-30-16-13-24/h1-11,14,17,19,24,30H,12-13,15-16H2. The molecule has 1 N–H and O–H groups in total. The van der Waals surface area contributed by atoms with Gasteiger partial charge in [-0.25, -0.2) is 0 Å². The first-order valence-corrected chi connectivity index (χ1v) is 11.4. The highest BCUT2D eigenvalue weighted by molar-refractivity contribution is 5.74. The number of hydrogen-bond acceptors (Lipinski definition) is 5. The molecule has 0 bridgehead atoms. The third kappa shape index (κ3) is 4.47. The number of rotatable bonds is 5. The number of pyridine rings is 2. The summed E-state index contributed by atoms with van der Waals surface area (Å²) in [6, 6.07) is 24.4. The average molecular weight is 449 g/mol. The third-order valence-corrected chi connectivity index (χ3v) is 6.02. The van der Waals surface area contributed by atoms with E-state index in [2.05, 4.69) is 16.4 Å². The van der Waals surface area contributed by atoms with Gasteiger partial charge in [-0.3, -0.25) is 14.3 Å². The quantitative estimate of drug-likeness (QED) is 0.484. The van der Waals surface area contributed by atoms with Crippen LogP contribution in [0.3, 0.4) is 0 Å². The maximum absolute atomic E-state index is 13.6. The summed E-state index contributed by atoms with van der Waals surface area (Å²) in [6.07, 6.45) is 5.69. The normalized spacial score (nSPS) is 13.9. The smallest absolute Gasteiger partial charge is 0.263 e. The Morgan fingerprint density at radius 2 is 1.74 bits per heavy atom. The number of hydrogen-bond donors (Lipinski definition) is 1. The predicted molar refractivity (Wildman–Crippen MR) is 132 cm³/mol. The molecule has 0 amide bonds. The van der Waals surface area contributed by atoms with E-state index in [1.165, 1.54) is 0 Å². The van der Waals surface area contributed by atoms with Crippen molar-refractivity contribution >= 4 is 0 Å². The van der Waals surface area contributed by atoms with E-state index in [0.717, 1.165) is 48.6 Å². The lowest BCUT2D eigenvalue weighted by Gasteiger charge is -2.24. The van der Waals surface area contributed by atoms with E-state index in [-0.39, 0.29) is 11.7 Å². The van der Waals surface area contributed by atoms with Crippen molar-refractivity contribution in [3.63, 3.8) is 0 Å². The van der Waals surface area contributed by atoms with E-state index in [9.17, 15) is 10.1 Å². The average Bonchev–Trinajstić information content (AvgIpc) is 2.90. The molecule has 2 aromatic carbocycles. The maximum atomic E-state index is 13.6. The minimum atomic E-state index is -0.200. The van der Waals surface area contributed by atoms with E-state index in [1.54, 1.807) is 35.2 Å². The van der Waals surface area contributed by atoms with Crippen molar-refractivity contribution in [1.82, 2.24) is 14.9 Å². The van der Waals surface area contributed by atoms with Crippen molar-refractivity contribution in [3.8, 4) is 39.9 Å². The third-order valence-electron chi connectivity index (χ3n) is 6.02. The van der Waals surface area contributed by atoms with Gasteiger partial charge in [0.1, 0.15) is 11.9 Å². The van der Waals surface area contributed by atoms with Crippen LogP contribution in [0.5, 0.6) is 5.75 Å². The van der Waals surface area contributed by atoms with Gasteiger partial charge in [-0.15, -0.1) is 0 Å². The Morgan fingerprint density at radius 1 is 0.971 bits per heavy atom. The fraction of sp³-hybridized carbons (Fsp3) is 0.179. The van der Waals surface area contributed by atoms with Gasteiger partial charge in [0.05, 0.1) is 17.3 Å². The number of nitrogens with one attached hydrogen (secondary N) is 1. The van der Waals surface area contributed by atoms with Gasteiger partial charge in [-0.1, -0.05) is 24.3 Å². The van der Waals surface area contributed by atoms with Gasteiger partial charge in [0.25, 0.3) is 5.56 Å². The Hall–Kier alpha value is -4.21. The second kappa shape index (κ2) is 9.74. The number of aromatic nitrogens is 2. The maximum Gasteiger partial charge on any atom is 0.263 e. The first-order valence-electron chi connectivity index (χ1n) is 11.4. The molecule has 0 aliphatic carbocycles. The molecule has 1 fully saturated rings. The molecule has 2 aromatic heterocycles. The molecule has 3 heterocycles. The van der Waals surface area contributed by atoms with Crippen LogP contribution in [0.2, 0.25) is 0 Å². The van der Waals surface area contributed by atoms with Gasteiger partial charge in [0.15, 0.2) is 0 Å². The number of benzene rings is 2. The highest BCUT2D eigenvalue weighted by Crippen LogP contribution is 2.27. The van der Waals surface area contributed by atoms with Crippen molar-refractivity contribution in [1.29, 1.82) is 5.26 Å². The van der Waals surface area contributed by atoms with E-state index in [1.807, 2.05) is 54.6 Å². The topological polar surface area (TPSA) is 79.9 Å². The molecule has 168 valence electrons. The highest BCUT2D eigenvalue weighted by atomic mass is 16.5. The van der Waals surface area contributed by atoms with Gasteiger partial charge in [0.2, 0.25) is 0 Å². The van der Waals surface area contributed by atoms with Gasteiger partial charge in [-0.2, -0.15) is 5.26 Å². The lowest BCUT2D eigenvalue weighted by Crippen LogP contribution is -2.34. The lowest BCUT2D eigenvalue weighted by atomic mass is 9.99. The lowest BCUT2D eigenvalue weighted by molar-refractivity contribution is 0.162. The van der Waals surface area contributed by atoms with E-state index in [0.29, 0.717) is 16.7 Å². The fourth-order valence-electron chi connectivity index (χ4n) is 4.25. The Labute approximate surface area is 198 Å². The Bertz CT molecular complexity index is 1380.